The minimum absolute atomic E-state index is 0.0185. The van der Waals surface area contributed by atoms with Crippen molar-refractivity contribution < 1.29 is 22.7 Å². The number of benzene rings is 1. The van der Waals surface area contributed by atoms with Crippen LogP contribution in [0.25, 0.3) is 0 Å². The Labute approximate surface area is 133 Å². The van der Waals surface area contributed by atoms with Crippen LogP contribution in [0.2, 0.25) is 0 Å². The summed E-state index contributed by atoms with van der Waals surface area (Å²) < 4.78 is 36.0. The first-order valence-corrected chi connectivity index (χ1v) is 7.92. The maximum atomic E-state index is 12.0. The zero-order valence-electron chi connectivity index (χ0n) is 12.4. The SMILES string of the molecule is COc1ccc(NC(=O)NS(=O)(=O)c2ccccc2)c(OC)n1. The van der Waals surface area contributed by atoms with Crippen LogP contribution < -0.4 is 19.5 Å². The molecule has 2 rings (SSSR count). The molecule has 0 saturated carbocycles. The Kier molecular flexibility index (Phi) is 5.02. The number of aromatic nitrogens is 1. The fourth-order valence-electron chi connectivity index (χ4n) is 1.72. The van der Waals surface area contributed by atoms with Gasteiger partial charge in [0.2, 0.25) is 11.8 Å². The topological polar surface area (TPSA) is 107 Å². The molecule has 9 heteroatoms. The van der Waals surface area contributed by atoms with Gasteiger partial charge in [-0.05, 0) is 18.2 Å². The second-order valence-electron chi connectivity index (χ2n) is 4.28. The molecule has 1 aromatic heterocycles. The van der Waals surface area contributed by atoms with Crippen LogP contribution in [0.3, 0.4) is 0 Å². The smallest absolute Gasteiger partial charge is 0.333 e. The molecule has 0 aliphatic rings. The van der Waals surface area contributed by atoms with Crippen molar-refractivity contribution in [3.8, 4) is 11.8 Å². The van der Waals surface area contributed by atoms with E-state index < -0.39 is 16.1 Å². The van der Waals surface area contributed by atoms with Crippen LogP contribution in [0.15, 0.2) is 47.4 Å². The number of sulfonamides is 1. The Bertz CT molecular complexity index is 793. The van der Waals surface area contributed by atoms with Crippen LogP contribution >= 0.6 is 0 Å². The number of methoxy groups -OCH3 is 2. The lowest BCUT2D eigenvalue weighted by molar-refractivity contribution is 0.256. The minimum Gasteiger partial charge on any atom is -0.481 e. The van der Waals surface area contributed by atoms with Crippen LogP contribution in [-0.2, 0) is 10.0 Å². The van der Waals surface area contributed by atoms with Gasteiger partial charge in [-0.15, -0.1) is 0 Å². The number of ether oxygens (including phenoxy) is 2. The van der Waals surface area contributed by atoms with Crippen molar-refractivity contribution in [1.29, 1.82) is 0 Å². The number of nitrogens with zero attached hydrogens (tertiary/aromatic N) is 1. The van der Waals surface area contributed by atoms with Crippen molar-refractivity contribution in [3.63, 3.8) is 0 Å². The molecule has 0 fully saturated rings. The Balaban J connectivity index is 2.14. The highest BCUT2D eigenvalue weighted by Gasteiger charge is 2.18. The zero-order chi connectivity index (χ0) is 16.9. The predicted molar refractivity (Wildman–Crippen MR) is 83.1 cm³/mol. The highest BCUT2D eigenvalue weighted by atomic mass is 32.2. The highest BCUT2D eigenvalue weighted by Crippen LogP contribution is 2.24. The summed E-state index contributed by atoms with van der Waals surface area (Å²) in [7, 11) is -1.15. The van der Waals surface area contributed by atoms with E-state index in [1.165, 1.54) is 38.5 Å². The molecule has 0 atom stereocenters. The molecule has 2 N–H and O–H groups in total. The number of rotatable bonds is 5. The van der Waals surface area contributed by atoms with E-state index in [-0.39, 0.29) is 16.5 Å². The molecule has 1 heterocycles. The first-order chi connectivity index (χ1) is 11.0. The monoisotopic (exact) mass is 337 g/mol. The van der Waals surface area contributed by atoms with Crippen molar-refractivity contribution in [2.75, 3.05) is 19.5 Å². The summed E-state index contributed by atoms with van der Waals surface area (Å²) in [6, 6.07) is 9.61. The average molecular weight is 337 g/mol. The van der Waals surface area contributed by atoms with E-state index in [2.05, 4.69) is 10.3 Å². The summed E-state index contributed by atoms with van der Waals surface area (Å²) >= 11 is 0. The van der Waals surface area contributed by atoms with E-state index in [1.54, 1.807) is 18.2 Å². The zero-order valence-corrected chi connectivity index (χ0v) is 13.3. The molecule has 0 radical (unpaired) electrons. The number of amides is 2. The lowest BCUT2D eigenvalue weighted by Gasteiger charge is -2.11. The van der Waals surface area contributed by atoms with E-state index in [9.17, 15) is 13.2 Å². The summed E-state index contributed by atoms with van der Waals surface area (Å²) in [5, 5.41) is 2.37. The molecular formula is C14H15N3O5S. The van der Waals surface area contributed by atoms with E-state index in [1.807, 2.05) is 4.72 Å². The molecule has 0 spiro atoms. The van der Waals surface area contributed by atoms with Gasteiger partial charge in [0.1, 0.15) is 5.69 Å². The first kappa shape index (κ1) is 16.6. The van der Waals surface area contributed by atoms with E-state index in [0.29, 0.717) is 5.88 Å². The number of carbonyl (C=O) groups excluding carboxylic acids is 1. The summed E-state index contributed by atoms with van der Waals surface area (Å²) in [4.78, 5) is 15.9. The third-order valence-electron chi connectivity index (χ3n) is 2.77. The lowest BCUT2D eigenvalue weighted by atomic mass is 10.4. The Hall–Kier alpha value is -2.81. The van der Waals surface area contributed by atoms with Crippen LogP contribution in [0.1, 0.15) is 0 Å². The third kappa shape index (κ3) is 4.10. The van der Waals surface area contributed by atoms with Gasteiger partial charge in [0.15, 0.2) is 0 Å². The average Bonchev–Trinajstić information content (AvgIpc) is 2.55. The van der Waals surface area contributed by atoms with Gasteiger partial charge < -0.3 is 14.8 Å². The predicted octanol–water partition coefficient (Wildman–Crippen LogP) is 1.61. The van der Waals surface area contributed by atoms with Gasteiger partial charge >= 0.3 is 6.03 Å². The number of anilines is 1. The maximum absolute atomic E-state index is 12.0. The normalized spacial score (nSPS) is 10.7. The highest BCUT2D eigenvalue weighted by molar-refractivity contribution is 7.90. The molecule has 122 valence electrons. The minimum atomic E-state index is -3.96. The van der Waals surface area contributed by atoms with E-state index in [0.717, 1.165) is 0 Å². The molecule has 0 saturated heterocycles. The van der Waals surface area contributed by atoms with Crippen molar-refractivity contribution >= 4 is 21.7 Å². The standard InChI is InChI=1S/C14H15N3O5S/c1-21-12-9-8-11(13(16-12)22-2)15-14(18)17-23(19,20)10-6-4-3-5-7-10/h3-9H,1-2H3,(H2,15,17,18). The molecule has 0 aliphatic heterocycles. The number of carbonyl (C=O) groups is 1. The third-order valence-corrected chi connectivity index (χ3v) is 4.11. The van der Waals surface area contributed by atoms with Gasteiger partial charge in [-0.3, -0.25) is 0 Å². The van der Waals surface area contributed by atoms with Gasteiger partial charge in [-0.1, -0.05) is 18.2 Å². The molecule has 8 nitrogen and oxygen atoms in total. The Morgan fingerprint density at radius 2 is 1.74 bits per heavy atom. The number of nitrogens with one attached hydrogen (secondary N) is 2. The number of hydrogen-bond acceptors (Lipinski definition) is 6. The van der Waals surface area contributed by atoms with Gasteiger partial charge in [-0.25, -0.2) is 17.9 Å². The molecule has 0 unspecified atom stereocenters. The summed E-state index contributed by atoms with van der Waals surface area (Å²) in [5.41, 5.74) is 0.203. The summed E-state index contributed by atoms with van der Waals surface area (Å²) in [5.74, 6) is 0.390. The van der Waals surface area contributed by atoms with Gasteiger partial charge in [-0.2, -0.15) is 4.98 Å². The second kappa shape index (κ2) is 6.97. The van der Waals surface area contributed by atoms with Crippen molar-refractivity contribution in [2.24, 2.45) is 0 Å². The molecule has 2 aromatic rings. The molecule has 0 bridgehead atoms. The molecule has 2 amide bonds. The largest absolute Gasteiger partial charge is 0.481 e. The van der Waals surface area contributed by atoms with Crippen LogP contribution in [0, 0.1) is 0 Å². The molecule has 0 aliphatic carbocycles. The Morgan fingerprint density at radius 3 is 2.35 bits per heavy atom. The number of pyridine rings is 1. The fraction of sp³-hybridized carbons (Fsp3) is 0.143. The molecular weight excluding hydrogens is 322 g/mol. The van der Waals surface area contributed by atoms with Crippen LogP contribution in [-0.4, -0.2) is 33.7 Å². The van der Waals surface area contributed by atoms with Gasteiger partial charge in [0.05, 0.1) is 19.1 Å². The Morgan fingerprint density at radius 1 is 1.04 bits per heavy atom. The van der Waals surface area contributed by atoms with Crippen LogP contribution in [0.5, 0.6) is 11.8 Å². The second-order valence-corrected chi connectivity index (χ2v) is 5.97. The summed E-state index contributed by atoms with van der Waals surface area (Å²) in [6.45, 7) is 0. The van der Waals surface area contributed by atoms with Gasteiger partial charge in [0.25, 0.3) is 10.0 Å². The van der Waals surface area contributed by atoms with Crippen LogP contribution in [0.4, 0.5) is 10.5 Å². The van der Waals surface area contributed by atoms with E-state index in [4.69, 9.17) is 9.47 Å². The first-order valence-electron chi connectivity index (χ1n) is 6.44. The van der Waals surface area contributed by atoms with Crippen molar-refractivity contribution in [3.05, 3.63) is 42.5 Å². The number of hydrogen-bond donors (Lipinski definition) is 2. The quantitative estimate of drug-likeness (QED) is 0.858. The maximum Gasteiger partial charge on any atom is 0.333 e. The van der Waals surface area contributed by atoms with Gasteiger partial charge in [0, 0.05) is 6.07 Å². The van der Waals surface area contributed by atoms with E-state index >= 15 is 0 Å². The number of urea groups is 1. The summed E-state index contributed by atoms with van der Waals surface area (Å²) in [6.07, 6.45) is 0. The molecule has 1 aromatic carbocycles. The van der Waals surface area contributed by atoms with Crippen molar-refractivity contribution in [1.82, 2.24) is 9.71 Å². The molecule has 23 heavy (non-hydrogen) atoms. The fourth-order valence-corrected chi connectivity index (χ4v) is 2.64. The van der Waals surface area contributed by atoms with Crippen molar-refractivity contribution in [2.45, 2.75) is 4.90 Å². The lowest BCUT2D eigenvalue weighted by Crippen LogP contribution is -2.34.